The average molecular weight is 345 g/mol. The molecule has 2 aromatic rings. The van der Waals surface area contributed by atoms with Crippen molar-refractivity contribution in [1.82, 2.24) is 0 Å². The Hall–Kier alpha value is -2.60. The van der Waals surface area contributed by atoms with Crippen LogP contribution in [0, 0.1) is 0 Å². The first-order chi connectivity index (χ1) is 11.6. The molecule has 0 saturated heterocycles. The van der Waals surface area contributed by atoms with Crippen LogP contribution in [0.15, 0.2) is 47.2 Å². The second-order valence-corrected chi connectivity index (χ2v) is 5.70. The van der Waals surface area contributed by atoms with Gasteiger partial charge in [-0.2, -0.15) is 11.3 Å². The number of nitrogens with one attached hydrogen (secondary N) is 1. The normalized spacial score (nSPS) is 11.9. The molecule has 0 spiro atoms. The summed E-state index contributed by atoms with van der Waals surface area (Å²) in [6, 6.07) is 8.87. The molecule has 1 aromatic heterocycles. The van der Waals surface area contributed by atoms with Gasteiger partial charge in [-0.25, -0.2) is 4.79 Å². The molecule has 0 saturated carbocycles. The fourth-order valence-corrected chi connectivity index (χ4v) is 2.47. The van der Waals surface area contributed by atoms with E-state index in [-0.39, 0.29) is 0 Å². The number of ether oxygens (including phenoxy) is 2. The maximum absolute atomic E-state index is 12.0. The molecule has 24 heavy (non-hydrogen) atoms. The van der Waals surface area contributed by atoms with Crippen LogP contribution >= 0.6 is 11.3 Å². The van der Waals surface area contributed by atoms with Gasteiger partial charge in [-0.1, -0.05) is 0 Å². The molecule has 126 valence electrons. The van der Waals surface area contributed by atoms with Crippen LogP contribution in [-0.2, 0) is 14.3 Å². The largest absolute Gasteiger partial charge is 0.494 e. The van der Waals surface area contributed by atoms with Gasteiger partial charge in [0.15, 0.2) is 6.10 Å². The van der Waals surface area contributed by atoms with Crippen molar-refractivity contribution in [2.45, 2.75) is 20.0 Å². The highest BCUT2D eigenvalue weighted by atomic mass is 32.1. The highest BCUT2D eigenvalue weighted by Crippen LogP contribution is 2.16. The number of anilines is 1. The van der Waals surface area contributed by atoms with Gasteiger partial charge in [0.2, 0.25) is 0 Å². The predicted octanol–water partition coefficient (Wildman–Crippen LogP) is 3.73. The lowest BCUT2D eigenvalue weighted by Crippen LogP contribution is -2.29. The van der Waals surface area contributed by atoms with Crippen molar-refractivity contribution in [2.75, 3.05) is 11.9 Å². The zero-order chi connectivity index (χ0) is 17.4. The van der Waals surface area contributed by atoms with E-state index in [0.717, 1.165) is 11.3 Å². The number of thiophene rings is 1. The monoisotopic (exact) mass is 345 g/mol. The van der Waals surface area contributed by atoms with Crippen LogP contribution in [0.3, 0.4) is 0 Å². The Labute approximate surface area is 144 Å². The number of hydrogen-bond donors (Lipinski definition) is 1. The third kappa shape index (κ3) is 5.55. The Morgan fingerprint density at radius 3 is 2.62 bits per heavy atom. The van der Waals surface area contributed by atoms with Gasteiger partial charge >= 0.3 is 5.97 Å². The van der Waals surface area contributed by atoms with Gasteiger partial charge in [0, 0.05) is 11.8 Å². The Kier molecular flexibility index (Phi) is 6.57. The van der Waals surface area contributed by atoms with Crippen molar-refractivity contribution in [2.24, 2.45) is 0 Å². The van der Waals surface area contributed by atoms with Crippen LogP contribution in [0.1, 0.15) is 19.4 Å². The molecule has 0 aliphatic carbocycles. The molecule has 0 bridgehead atoms. The molecule has 1 amide bonds. The summed E-state index contributed by atoms with van der Waals surface area (Å²) in [6.07, 6.45) is 2.06. The number of amides is 1. The molecule has 0 fully saturated rings. The molecule has 2 rings (SSSR count). The first-order valence-corrected chi connectivity index (χ1v) is 8.47. The Bertz CT molecular complexity index is 692. The van der Waals surface area contributed by atoms with Gasteiger partial charge in [-0.3, -0.25) is 4.79 Å². The summed E-state index contributed by atoms with van der Waals surface area (Å²) in [6.45, 7) is 4.01. The summed E-state index contributed by atoms with van der Waals surface area (Å²) < 4.78 is 10.4. The van der Waals surface area contributed by atoms with Gasteiger partial charge in [-0.15, -0.1) is 0 Å². The third-order valence-electron chi connectivity index (χ3n) is 3.05. The van der Waals surface area contributed by atoms with Gasteiger partial charge in [-0.05, 0) is 66.6 Å². The topological polar surface area (TPSA) is 64.6 Å². The summed E-state index contributed by atoms with van der Waals surface area (Å²) in [4.78, 5) is 23.8. The van der Waals surface area contributed by atoms with Gasteiger partial charge in [0.05, 0.1) is 6.61 Å². The Balaban J connectivity index is 1.84. The van der Waals surface area contributed by atoms with E-state index in [1.807, 2.05) is 23.8 Å². The van der Waals surface area contributed by atoms with Gasteiger partial charge in [0.1, 0.15) is 5.75 Å². The van der Waals surface area contributed by atoms with Crippen LogP contribution < -0.4 is 10.1 Å². The van der Waals surface area contributed by atoms with Crippen molar-refractivity contribution >= 4 is 35.0 Å². The maximum atomic E-state index is 12.0. The summed E-state index contributed by atoms with van der Waals surface area (Å²) in [7, 11) is 0. The Morgan fingerprint density at radius 1 is 1.25 bits per heavy atom. The molecule has 1 heterocycles. The molecule has 0 unspecified atom stereocenters. The van der Waals surface area contributed by atoms with E-state index in [1.54, 1.807) is 30.3 Å². The first kappa shape index (κ1) is 17.7. The number of rotatable bonds is 7. The summed E-state index contributed by atoms with van der Waals surface area (Å²) >= 11 is 1.54. The highest BCUT2D eigenvalue weighted by molar-refractivity contribution is 7.08. The van der Waals surface area contributed by atoms with Crippen molar-refractivity contribution < 1.29 is 19.1 Å². The minimum Gasteiger partial charge on any atom is -0.494 e. The summed E-state index contributed by atoms with van der Waals surface area (Å²) in [5.41, 5.74) is 1.53. The molecule has 5 nitrogen and oxygen atoms in total. The van der Waals surface area contributed by atoms with Crippen molar-refractivity contribution in [3.05, 3.63) is 52.7 Å². The standard InChI is InChI=1S/C18H19NO4S/c1-3-22-16-7-5-15(6-8-16)19-18(21)13(2)23-17(20)9-4-14-10-11-24-12-14/h4-13H,3H2,1-2H3,(H,19,21)/b9-4+/t13-/m1/s1. The molecule has 6 heteroatoms. The second-order valence-electron chi connectivity index (χ2n) is 4.92. The second kappa shape index (κ2) is 8.88. The van der Waals surface area contributed by atoms with E-state index in [0.29, 0.717) is 12.3 Å². The van der Waals surface area contributed by atoms with E-state index in [1.165, 1.54) is 24.3 Å². The van der Waals surface area contributed by atoms with E-state index >= 15 is 0 Å². The molecule has 1 aromatic carbocycles. The lowest BCUT2D eigenvalue weighted by Gasteiger charge is -2.12. The van der Waals surface area contributed by atoms with Crippen LogP contribution in [0.25, 0.3) is 6.08 Å². The van der Waals surface area contributed by atoms with Crippen LogP contribution in [-0.4, -0.2) is 24.6 Å². The lowest BCUT2D eigenvalue weighted by atomic mass is 10.3. The average Bonchev–Trinajstić information content (AvgIpc) is 3.08. The number of carbonyl (C=O) groups excluding carboxylic acids is 2. The van der Waals surface area contributed by atoms with Crippen LogP contribution in [0.2, 0.25) is 0 Å². The van der Waals surface area contributed by atoms with Gasteiger partial charge in [0.25, 0.3) is 5.91 Å². The maximum Gasteiger partial charge on any atom is 0.331 e. The predicted molar refractivity (Wildman–Crippen MR) is 95.1 cm³/mol. The van der Waals surface area contributed by atoms with Crippen LogP contribution in [0.4, 0.5) is 5.69 Å². The zero-order valence-corrected chi connectivity index (χ0v) is 14.3. The lowest BCUT2D eigenvalue weighted by molar-refractivity contribution is -0.148. The third-order valence-corrected chi connectivity index (χ3v) is 3.75. The van der Waals surface area contributed by atoms with Crippen LogP contribution in [0.5, 0.6) is 5.75 Å². The molecular formula is C18H19NO4S. The van der Waals surface area contributed by atoms with Crippen molar-refractivity contribution in [3.8, 4) is 5.75 Å². The zero-order valence-electron chi connectivity index (χ0n) is 13.5. The van der Waals surface area contributed by atoms with Gasteiger partial charge < -0.3 is 14.8 Å². The highest BCUT2D eigenvalue weighted by Gasteiger charge is 2.16. The molecule has 0 aliphatic rings. The molecular weight excluding hydrogens is 326 g/mol. The van der Waals surface area contributed by atoms with E-state index in [9.17, 15) is 9.59 Å². The van der Waals surface area contributed by atoms with E-state index < -0.39 is 18.0 Å². The number of benzene rings is 1. The Morgan fingerprint density at radius 2 is 2.00 bits per heavy atom. The summed E-state index contributed by atoms with van der Waals surface area (Å²) in [5.74, 6) is -0.222. The molecule has 1 N–H and O–H groups in total. The molecule has 0 radical (unpaired) electrons. The quantitative estimate of drug-likeness (QED) is 0.613. The first-order valence-electron chi connectivity index (χ1n) is 7.53. The minimum atomic E-state index is -0.892. The smallest absolute Gasteiger partial charge is 0.331 e. The van der Waals surface area contributed by atoms with E-state index in [2.05, 4.69) is 5.32 Å². The SMILES string of the molecule is CCOc1ccc(NC(=O)[C@@H](C)OC(=O)/C=C/c2ccsc2)cc1. The van der Waals surface area contributed by atoms with Crippen molar-refractivity contribution in [3.63, 3.8) is 0 Å². The summed E-state index contributed by atoms with van der Waals surface area (Å²) in [5, 5.41) is 6.52. The molecule has 0 aliphatic heterocycles. The fraction of sp³-hybridized carbons (Fsp3) is 0.222. The number of carbonyl (C=O) groups is 2. The van der Waals surface area contributed by atoms with E-state index in [4.69, 9.17) is 9.47 Å². The minimum absolute atomic E-state index is 0.392. The van der Waals surface area contributed by atoms with Crippen molar-refractivity contribution in [1.29, 1.82) is 0 Å². The number of hydrogen-bond acceptors (Lipinski definition) is 5. The fourth-order valence-electron chi connectivity index (χ4n) is 1.85. The number of esters is 1. The molecule has 1 atom stereocenters.